The van der Waals surface area contributed by atoms with Crippen LogP contribution in [-0.4, -0.2) is 30.5 Å². The lowest BCUT2D eigenvalue weighted by Crippen LogP contribution is -2.45. The topological polar surface area (TPSA) is 35.5 Å². The summed E-state index contributed by atoms with van der Waals surface area (Å²) in [4.78, 5) is 12.4. The van der Waals surface area contributed by atoms with Gasteiger partial charge in [-0.3, -0.25) is 0 Å². The van der Waals surface area contributed by atoms with Crippen LogP contribution >= 0.6 is 0 Å². The van der Waals surface area contributed by atoms with Gasteiger partial charge in [-0.2, -0.15) is 22.0 Å². The molecule has 2 saturated carbocycles. The molecule has 9 heteroatoms. The third-order valence-corrected chi connectivity index (χ3v) is 7.17. The van der Waals surface area contributed by atoms with Crippen LogP contribution in [0.3, 0.4) is 0 Å². The first-order chi connectivity index (χ1) is 16.0. The highest BCUT2D eigenvalue weighted by atomic mass is 19.4. The third kappa shape index (κ3) is 7.04. The summed E-state index contributed by atoms with van der Waals surface area (Å²) in [5.74, 6) is 0.941. The molecule has 0 aliphatic heterocycles. The van der Waals surface area contributed by atoms with Crippen LogP contribution in [0.2, 0.25) is 0 Å². The fraction of sp³-hybridized carbons (Fsp3) is 0.720. The monoisotopic (exact) mass is 494 g/mol. The van der Waals surface area contributed by atoms with Crippen molar-refractivity contribution >= 4 is 5.97 Å². The Bertz CT molecular complexity index is 779. The number of carbonyl (C=O) groups excluding carboxylic acids is 1. The van der Waals surface area contributed by atoms with Crippen LogP contribution in [0, 0.1) is 17.8 Å². The number of rotatable bonds is 8. The average molecular weight is 495 g/mol. The number of benzene rings is 1. The van der Waals surface area contributed by atoms with Crippen molar-refractivity contribution in [3.8, 4) is 5.75 Å². The largest absolute Gasteiger partial charge is 0.459 e. The van der Waals surface area contributed by atoms with E-state index in [0.717, 1.165) is 61.8 Å². The van der Waals surface area contributed by atoms with Gasteiger partial charge in [0.2, 0.25) is 0 Å². The first-order valence-electron chi connectivity index (χ1n) is 12.1. The second kappa shape index (κ2) is 11.2. The van der Waals surface area contributed by atoms with E-state index in [9.17, 15) is 31.1 Å². The fourth-order valence-corrected chi connectivity index (χ4v) is 5.31. The van der Waals surface area contributed by atoms with Gasteiger partial charge in [0.25, 0.3) is 6.17 Å². The zero-order valence-electron chi connectivity index (χ0n) is 19.3. The number of carbonyl (C=O) groups is 1. The van der Waals surface area contributed by atoms with Gasteiger partial charge in [0, 0.05) is 0 Å². The second-order valence-electron chi connectivity index (χ2n) is 9.60. The van der Waals surface area contributed by atoms with Crippen LogP contribution in [0.25, 0.3) is 0 Å². The molecular weight excluding hydrogens is 462 g/mol. The van der Waals surface area contributed by atoms with Crippen LogP contribution in [0.5, 0.6) is 5.75 Å². The van der Waals surface area contributed by atoms with Crippen LogP contribution in [0.4, 0.5) is 26.3 Å². The Hall–Kier alpha value is -1.93. The minimum atomic E-state index is -5.76. The third-order valence-electron chi connectivity index (χ3n) is 7.17. The van der Waals surface area contributed by atoms with Crippen LogP contribution in [-0.2, 0) is 4.74 Å². The van der Waals surface area contributed by atoms with Crippen molar-refractivity contribution in [2.24, 2.45) is 17.8 Å². The predicted molar refractivity (Wildman–Crippen MR) is 114 cm³/mol. The lowest BCUT2D eigenvalue weighted by molar-refractivity contribution is -0.304. The van der Waals surface area contributed by atoms with E-state index in [1.807, 2.05) is 0 Å². The van der Waals surface area contributed by atoms with E-state index in [2.05, 4.69) is 11.7 Å². The first kappa shape index (κ1) is 26.7. The molecule has 0 heterocycles. The zero-order chi connectivity index (χ0) is 24.9. The molecule has 0 saturated heterocycles. The molecule has 2 aliphatic rings. The summed E-state index contributed by atoms with van der Waals surface area (Å²) in [5.41, 5.74) is 0.0552. The smallest absolute Gasteiger partial charge is 0.439 e. The molecule has 0 bridgehead atoms. The Morgan fingerprint density at radius 3 is 1.94 bits per heavy atom. The average Bonchev–Trinajstić information content (AvgIpc) is 2.79. The maximum Gasteiger partial charge on any atom is 0.439 e. The minimum Gasteiger partial charge on any atom is -0.459 e. The first-order valence-corrected chi connectivity index (χ1v) is 12.1. The molecule has 0 amide bonds. The summed E-state index contributed by atoms with van der Waals surface area (Å²) in [6.45, 7) is 2.23. The molecule has 1 aromatic carbocycles. The van der Waals surface area contributed by atoms with Gasteiger partial charge in [-0.25, -0.2) is 9.18 Å². The molecule has 0 N–H and O–H groups in total. The number of halogens is 6. The SMILES string of the molecule is CCCC1CCC(C2CCC(OC(=O)c3ccc(OC(F)(F)C(F)C(F)(F)F)cc3)CC2)CC1. The van der Waals surface area contributed by atoms with Crippen LogP contribution < -0.4 is 4.74 Å². The lowest BCUT2D eigenvalue weighted by atomic mass is 9.70. The summed E-state index contributed by atoms with van der Waals surface area (Å²) in [7, 11) is 0. The maximum atomic E-state index is 13.4. The van der Waals surface area contributed by atoms with E-state index >= 15 is 0 Å². The van der Waals surface area contributed by atoms with Crippen molar-refractivity contribution < 1.29 is 40.6 Å². The van der Waals surface area contributed by atoms with E-state index in [1.54, 1.807) is 0 Å². The van der Waals surface area contributed by atoms with Gasteiger partial charge in [-0.05, 0) is 80.5 Å². The molecule has 0 spiro atoms. The summed E-state index contributed by atoms with van der Waals surface area (Å²) in [5, 5.41) is 0. The van der Waals surface area contributed by atoms with E-state index in [0.29, 0.717) is 5.92 Å². The maximum absolute atomic E-state index is 13.4. The molecule has 3 rings (SSSR count). The highest BCUT2D eigenvalue weighted by molar-refractivity contribution is 5.89. The van der Waals surface area contributed by atoms with Gasteiger partial charge in [0.1, 0.15) is 11.9 Å². The zero-order valence-corrected chi connectivity index (χ0v) is 19.3. The molecule has 192 valence electrons. The van der Waals surface area contributed by atoms with Gasteiger partial charge in [-0.15, -0.1) is 0 Å². The number of ether oxygens (including phenoxy) is 2. The van der Waals surface area contributed by atoms with E-state index in [-0.39, 0.29) is 11.7 Å². The molecule has 0 radical (unpaired) electrons. The normalized spacial score (nSPS) is 27.1. The Kier molecular flexibility index (Phi) is 8.79. The van der Waals surface area contributed by atoms with Crippen molar-refractivity contribution in [3.05, 3.63) is 29.8 Å². The summed E-state index contributed by atoms with van der Waals surface area (Å²) >= 11 is 0. The van der Waals surface area contributed by atoms with E-state index < -0.39 is 30.2 Å². The van der Waals surface area contributed by atoms with Crippen molar-refractivity contribution in [2.75, 3.05) is 0 Å². The Balaban J connectivity index is 1.45. The molecule has 1 unspecified atom stereocenters. The Morgan fingerprint density at radius 2 is 1.44 bits per heavy atom. The number of hydrogen-bond donors (Lipinski definition) is 0. The van der Waals surface area contributed by atoms with Crippen LogP contribution in [0.15, 0.2) is 24.3 Å². The predicted octanol–water partition coefficient (Wildman–Crippen LogP) is 7.88. The van der Waals surface area contributed by atoms with Gasteiger partial charge in [0.05, 0.1) is 5.56 Å². The lowest BCUT2D eigenvalue weighted by Gasteiger charge is -2.37. The van der Waals surface area contributed by atoms with Crippen molar-refractivity contribution in [2.45, 2.75) is 95.7 Å². The molecule has 1 atom stereocenters. The molecule has 3 nitrogen and oxygen atoms in total. The summed E-state index contributed by atoms with van der Waals surface area (Å²) < 4.78 is 85.8. The highest BCUT2D eigenvalue weighted by Gasteiger charge is 2.59. The highest BCUT2D eigenvalue weighted by Crippen LogP contribution is 2.41. The van der Waals surface area contributed by atoms with Crippen molar-refractivity contribution in [1.82, 2.24) is 0 Å². The summed E-state index contributed by atoms with van der Waals surface area (Å²) in [6.07, 6.45) is -4.26. The standard InChI is InChI=1S/C25H32F6O3/c1-2-3-16-4-6-17(7-5-16)18-8-12-20(13-9-18)33-22(32)19-10-14-21(15-11-19)34-25(30,31)23(26)24(27,28)29/h10-11,14-18,20,23H,2-9,12-13H2,1H3. The van der Waals surface area contributed by atoms with Gasteiger partial charge in [-0.1, -0.05) is 32.6 Å². The van der Waals surface area contributed by atoms with Gasteiger partial charge < -0.3 is 9.47 Å². The number of hydrogen-bond acceptors (Lipinski definition) is 3. The molecule has 34 heavy (non-hydrogen) atoms. The van der Waals surface area contributed by atoms with E-state index in [4.69, 9.17) is 4.74 Å². The Morgan fingerprint density at radius 1 is 0.912 bits per heavy atom. The van der Waals surface area contributed by atoms with Crippen LogP contribution in [0.1, 0.15) is 81.5 Å². The molecular formula is C25H32F6O3. The quantitative estimate of drug-likeness (QED) is 0.272. The molecule has 2 aliphatic carbocycles. The van der Waals surface area contributed by atoms with E-state index in [1.165, 1.54) is 38.5 Å². The second-order valence-corrected chi connectivity index (χ2v) is 9.60. The molecule has 1 aromatic rings. The molecule has 0 aromatic heterocycles. The summed E-state index contributed by atoms with van der Waals surface area (Å²) in [6, 6.07) is 3.99. The minimum absolute atomic E-state index is 0.0552. The number of alkyl halides is 6. The molecule has 2 fully saturated rings. The number of esters is 1. The van der Waals surface area contributed by atoms with Gasteiger partial charge in [0.15, 0.2) is 0 Å². The van der Waals surface area contributed by atoms with Crippen molar-refractivity contribution in [1.29, 1.82) is 0 Å². The Labute approximate surface area is 196 Å². The van der Waals surface area contributed by atoms with Gasteiger partial charge >= 0.3 is 18.3 Å². The fourth-order valence-electron chi connectivity index (χ4n) is 5.31. The van der Waals surface area contributed by atoms with Crippen molar-refractivity contribution in [3.63, 3.8) is 0 Å².